The van der Waals surface area contributed by atoms with Gasteiger partial charge in [0.25, 0.3) is 0 Å². The van der Waals surface area contributed by atoms with Crippen LogP contribution in [0.15, 0.2) is 0 Å². The molecule has 96 valence electrons. The molecule has 4 atom stereocenters. The summed E-state index contributed by atoms with van der Waals surface area (Å²) in [5.74, 6) is 1.01. The van der Waals surface area contributed by atoms with E-state index in [1.807, 2.05) is 6.92 Å². The number of hydrogen-bond acceptors (Lipinski definition) is 2. The molecule has 1 aliphatic rings. The molecule has 4 unspecified atom stereocenters. The van der Waals surface area contributed by atoms with E-state index in [1.165, 1.54) is 0 Å². The maximum absolute atomic E-state index is 12.3. The zero-order valence-corrected chi connectivity index (χ0v) is 12.1. The summed E-state index contributed by atoms with van der Waals surface area (Å²) in [6.07, 6.45) is 1.10. The molecule has 0 spiro atoms. The third-order valence-electron chi connectivity index (χ3n) is 3.60. The molecule has 1 saturated heterocycles. The Morgan fingerprint density at radius 2 is 1.94 bits per heavy atom. The van der Waals surface area contributed by atoms with Gasteiger partial charge < -0.3 is 0 Å². The average molecular weight is 268 g/mol. The lowest BCUT2D eigenvalue weighted by Gasteiger charge is -2.41. The van der Waals surface area contributed by atoms with E-state index in [0.29, 0.717) is 18.4 Å². The summed E-state index contributed by atoms with van der Waals surface area (Å²) < 4.78 is 26.2. The summed E-state index contributed by atoms with van der Waals surface area (Å²) in [6, 6.07) is 0.0897. The van der Waals surface area contributed by atoms with Crippen molar-refractivity contribution in [1.82, 2.24) is 4.31 Å². The van der Waals surface area contributed by atoms with E-state index in [1.54, 1.807) is 11.2 Å². The first kappa shape index (κ1) is 14.3. The van der Waals surface area contributed by atoms with Gasteiger partial charge in [0, 0.05) is 18.5 Å². The van der Waals surface area contributed by atoms with Crippen LogP contribution in [0.2, 0.25) is 0 Å². The van der Waals surface area contributed by atoms with Gasteiger partial charge in [0.15, 0.2) is 0 Å². The van der Waals surface area contributed by atoms with Crippen LogP contribution >= 0.6 is 11.6 Å². The molecule has 0 N–H and O–H groups in total. The van der Waals surface area contributed by atoms with E-state index in [2.05, 4.69) is 13.8 Å². The number of alkyl halides is 1. The van der Waals surface area contributed by atoms with E-state index in [4.69, 9.17) is 11.6 Å². The van der Waals surface area contributed by atoms with E-state index in [9.17, 15) is 8.42 Å². The summed E-state index contributed by atoms with van der Waals surface area (Å²) >= 11 is 5.67. The van der Waals surface area contributed by atoms with Crippen LogP contribution in [0.4, 0.5) is 0 Å². The van der Waals surface area contributed by atoms with Gasteiger partial charge in [-0.25, -0.2) is 8.42 Å². The highest BCUT2D eigenvalue weighted by atomic mass is 35.5. The fourth-order valence-corrected chi connectivity index (χ4v) is 4.54. The summed E-state index contributed by atoms with van der Waals surface area (Å²) in [5.41, 5.74) is 0. The smallest absolute Gasteiger partial charge is 0.212 e. The fourth-order valence-electron chi connectivity index (χ4n) is 2.31. The standard InChI is InChI=1S/C11H22ClNO2S/c1-8-5-9(2)11(4)13(7-8)16(14,15)10(3)6-12/h8-11H,5-7H2,1-4H3. The second-order valence-electron chi connectivity index (χ2n) is 5.14. The third-order valence-corrected chi connectivity index (χ3v) is 6.56. The van der Waals surface area contributed by atoms with E-state index >= 15 is 0 Å². The number of sulfonamides is 1. The van der Waals surface area contributed by atoms with Gasteiger partial charge in [-0.05, 0) is 32.1 Å². The van der Waals surface area contributed by atoms with Crippen LogP contribution < -0.4 is 0 Å². The Morgan fingerprint density at radius 1 is 1.38 bits per heavy atom. The molecule has 0 saturated carbocycles. The molecular weight excluding hydrogens is 246 g/mol. The van der Waals surface area contributed by atoms with Crippen molar-refractivity contribution in [3.05, 3.63) is 0 Å². The molecular formula is C11H22ClNO2S. The van der Waals surface area contributed by atoms with E-state index in [-0.39, 0.29) is 11.9 Å². The SMILES string of the molecule is CC1CC(C)C(C)N(S(=O)(=O)C(C)CCl)C1. The second-order valence-corrected chi connectivity index (χ2v) is 7.75. The minimum atomic E-state index is -3.23. The number of nitrogens with zero attached hydrogens (tertiary/aromatic N) is 1. The number of piperidine rings is 1. The minimum absolute atomic E-state index is 0.0897. The Labute approximate surface area is 104 Å². The highest BCUT2D eigenvalue weighted by Gasteiger charge is 2.38. The zero-order valence-electron chi connectivity index (χ0n) is 10.5. The van der Waals surface area contributed by atoms with E-state index in [0.717, 1.165) is 6.42 Å². The summed E-state index contributed by atoms with van der Waals surface area (Å²) in [4.78, 5) is 0. The molecule has 3 nitrogen and oxygen atoms in total. The van der Waals surface area contributed by atoms with Gasteiger partial charge in [-0.15, -0.1) is 11.6 Å². The molecule has 5 heteroatoms. The molecule has 1 fully saturated rings. The molecule has 1 aliphatic heterocycles. The normalized spacial score (nSPS) is 34.9. The van der Waals surface area contributed by atoms with Crippen LogP contribution in [0.1, 0.15) is 34.1 Å². The molecule has 1 heterocycles. The van der Waals surface area contributed by atoms with Gasteiger partial charge >= 0.3 is 0 Å². The van der Waals surface area contributed by atoms with E-state index < -0.39 is 15.3 Å². The van der Waals surface area contributed by atoms with Gasteiger partial charge in [0.05, 0.1) is 5.25 Å². The Hall–Kier alpha value is 0.200. The average Bonchev–Trinajstić information content (AvgIpc) is 2.21. The van der Waals surface area contributed by atoms with Crippen LogP contribution in [-0.2, 0) is 10.0 Å². The largest absolute Gasteiger partial charge is 0.218 e. The number of rotatable bonds is 3. The van der Waals surface area contributed by atoms with Gasteiger partial charge in [0.1, 0.15) is 0 Å². The Balaban J connectivity index is 2.93. The fraction of sp³-hybridized carbons (Fsp3) is 1.00. The van der Waals surface area contributed by atoms with Gasteiger partial charge in [-0.2, -0.15) is 4.31 Å². The molecule has 0 aromatic carbocycles. The molecule has 1 rings (SSSR count). The molecule has 0 aliphatic carbocycles. The van der Waals surface area contributed by atoms with Crippen molar-refractivity contribution in [2.75, 3.05) is 12.4 Å². The van der Waals surface area contributed by atoms with Crippen LogP contribution in [0.3, 0.4) is 0 Å². The lowest BCUT2D eigenvalue weighted by molar-refractivity contribution is 0.156. The number of hydrogen-bond donors (Lipinski definition) is 0. The van der Waals surface area contributed by atoms with Crippen molar-refractivity contribution >= 4 is 21.6 Å². The first-order chi connectivity index (χ1) is 7.30. The molecule has 0 amide bonds. The van der Waals surface area contributed by atoms with Crippen molar-refractivity contribution in [1.29, 1.82) is 0 Å². The molecule has 16 heavy (non-hydrogen) atoms. The van der Waals surface area contributed by atoms with Crippen molar-refractivity contribution in [2.45, 2.75) is 45.4 Å². The van der Waals surface area contributed by atoms with Crippen LogP contribution in [0.25, 0.3) is 0 Å². The summed E-state index contributed by atoms with van der Waals surface area (Å²) in [6.45, 7) is 8.54. The van der Waals surface area contributed by atoms with Crippen LogP contribution in [-0.4, -0.2) is 36.4 Å². The first-order valence-corrected chi connectivity index (χ1v) is 7.91. The third kappa shape index (κ3) is 2.71. The lowest BCUT2D eigenvalue weighted by atomic mass is 9.88. The van der Waals surface area contributed by atoms with Crippen molar-refractivity contribution in [3.63, 3.8) is 0 Å². The maximum atomic E-state index is 12.3. The minimum Gasteiger partial charge on any atom is -0.212 e. The van der Waals surface area contributed by atoms with Crippen molar-refractivity contribution in [3.8, 4) is 0 Å². The zero-order chi connectivity index (χ0) is 12.5. The molecule has 0 aromatic heterocycles. The van der Waals surface area contributed by atoms with Crippen molar-refractivity contribution in [2.24, 2.45) is 11.8 Å². The van der Waals surface area contributed by atoms with Crippen LogP contribution in [0.5, 0.6) is 0 Å². The Morgan fingerprint density at radius 3 is 2.44 bits per heavy atom. The first-order valence-electron chi connectivity index (χ1n) is 5.87. The lowest BCUT2D eigenvalue weighted by Crippen LogP contribution is -2.51. The van der Waals surface area contributed by atoms with Gasteiger partial charge in [0.2, 0.25) is 10.0 Å². The number of halogens is 1. The van der Waals surface area contributed by atoms with Crippen LogP contribution in [0, 0.1) is 11.8 Å². The van der Waals surface area contributed by atoms with Gasteiger partial charge in [-0.1, -0.05) is 13.8 Å². The monoisotopic (exact) mass is 267 g/mol. The second kappa shape index (κ2) is 5.23. The quantitative estimate of drug-likeness (QED) is 0.736. The Bertz CT molecular complexity index is 331. The van der Waals surface area contributed by atoms with Gasteiger partial charge in [-0.3, -0.25) is 0 Å². The predicted octanol–water partition coefficient (Wildman–Crippen LogP) is 2.31. The summed E-state index contributed by atoms with van der Waals surface area (Å²) in [7, 11) is -3.23. The predicted molar refractivity (Wildman–Crippen MR) is 68.2 cm³/mol. The molecule has 0 bridgehead atoms. The molecule has 0 aromatic rings. The summed E-state index contributed by atoms with van der Waals surface area (Å²) in [5, 5.41) is -0.492. The molecule has 0 radical (unpaired) electrons. The highest BCUT2D eigenvalue weighted by molar-refractivity contribution is 7.89. The Kier molecular flexibility index (Phi) is 4.66. The highest BCUT2D eigenvalue weighted by Crippen LogP contribution is 2.30. The maximum Gasteiger partial charge on any atom is 0.218 e. The van der Waals surface area contributed by atoms with Crippen molar-refractivity contribution < 1.29 is 8.42 Å². The topological polar surface area (TPSA) is 37.4 Å².